The normalized spacial score (nSPS) is 15.3. The molecule has 8 aliphatic rings. The maximum Gasteiger partial charge on any atom is 4.00 e. The smallest absolute Gasteiger partial charge is 4.00 e. The van der Waals surface area contributed by atoms with Crippen LogP contribution in [0.15, 0.2) is 260 Å². The second-order valence-electron chi connectivity index (χ2n) is 29.8. The van der Waals surface area contributed by atoms with Gasteiger partial charge in [-0.15, -0.1) is 0 Å². The molecule has 0 saturated carbocycles. The minimum Gasteiger partial charge on any atom is 4.00 e. The molecule has 8 aromatic carbocycles. The van der Waals surface area contributed by atoms with Crippen molar-refractivity contribution in [3.05, 3.63) is 393 Å². The molecule has 642 valence electrons. The van der Waals surface area contributed by atoms with Crippen molar-refractivity contribution in [1.82, 2.24) is 0 Å². The van der Waals surface area contributed by atoms with Crippen LogP contribution in [0.5, 0.6) is 0 Å². The van der Waals surface area contributed by atoms with E-state index in [-0.39, 0.29) is 142 Å². The minimum atomic E-state index is -0.826. The van der Waals surface area contributed by atoms with Crippen LogP contribution in [0.4, 0.5) is 0 Å². The van der Waals surface area contributed by atoms with Gasteiger partial charge in [-0.25, -0.2) is 0 Å². The second kappa shape index (κ2) is 62.5. The molecule has 8 aliphatic carbocycles. The first-order valence-electron chi connectivity index (χ1n) is 38.2. The SMILES string of the molecule is CC1=C(C)C(C)C(C)=C1C.CC1=C(C)C(C)C(C)=C1C.CC1=C(C)C(C)C(C)=C1C.CC1=CC(C)C(C)=C1C.CC1=CCc2c1ccc1ccccc21.CC1=CCc2c1ccc1ccccc21.CCC1=CC(CC)c2c1ccc1ccccc21.CCC1=CCc2c1ccc1ccccc21.[CH3-].[CH3-].[CH3-].[CH3-].[CH3-].[CH3-].[CH3-].[CH3-].[CH3-].[CH3-].[CH3-].[CH3-].[Cl][Zr+2][Cl].[Cl][Zr+2][Cl].[Zr+4].[Zr+4]. The fraction of sp³-hybridized carbons (Fsp3) is 0.315. The molecule has 8 aromatic rings. The van der Waals surface area contributed by atoms with Gasteiger partial charge in [-0.2, -0.15) is 0 Å². The fourth-order valence-electron chi connectivity index (χ4n) is 16.1. The van der Waals surface area contributed by atoms with Crippen molar-refractivity contribution in [2.45, 2.75) is 211 Å². The number of hydrogen-bond acceptors (Lipinski definition) is 0. The zero-order chi connectivity index (χ0) is 77.3. The third kappa shape index (κ3) is 31.7. The van der Waals surface area contributed by atoms with Crippen molar-refractivity contribution in [3.8, 4) is 0 Å². The first kappa shape index (κ1) is 131. The first-order chi connectivity index (χ1) is 50.1. The molecule has 0 heterocycles. The Labute approximate surface area is 811 Å². The molecule has 8 heteroatoms. The van der Waals surface area contributed by atoms with Crippen molar-refractivity contribution < 1.29 is 94.1 Å². The average Bonchev–Trinajstić information content (AvgIpc) is 1.59. The Morgan fingerprint density at radius 3 is 0.798 bits per heavy atom. The van der Waals surface area contributed by atoms with Crippen molar-refractivity contribution >= 4 is 99.4 Å². The number of hydrogen-bond donors (Lipinski definition) is 0. The monoisotopic (exact) mass is 1990 g/mol. The Morgan fingerprint density at radius 1 is 0.286 bits per heavy atom. The molecular weight excluding hydrogens is 1840 g/mol. The van der Waals surface area contributed by atoms with E-state index in [9.17, 15) is 0 Å². The van der Waals surface area contributed by atoms with E-state index in [4.69, 9.17) is 34.1 Å². The van der Waals surface area contributed by atoms with Gasteiger partial charge in [-0.05, 0) is 329 Å². The molecule has 119 heavy (non-hydrogen) atoms. The Hall–Kier alpha value is -3.63. The van der Waals surface area contributed by atoms with E-state index < -0.39 is 41.7 Å². The molecular formula is C111H154Cl4Zr4. The van der Waals surface area contributed by atoms with Gasteiger partial charge in [0.25, 0.3) is 0 Å². The molecule has 0 N–H and O–H groups in total. The van der Waals surface area contributed by atoms with E-state index in [1.165, 1.54) is 161 Å². The van der Waals surface area contributed by atoms with Gasteiger partial charge in [0.1, 0.15) is 0 Å². The number of benzene rings is 8. The van der Waals surface area contributed by atoms with Gasteiger partial charge >= 0.3 is 128 Å². The van der Waals surface area contributed by atoms with E-state index >= 15 is 0 Å². The van der Waals surface area contributed by atoms with Crippen LogP contribution in [-0.4, -0.2) is 0 Å². The average molecular weight is 2000 g/mol. The summed E-state index contributed by atoms with van der Waals surface area (Å²) in [6, 6.07) is 52.7. The van der Waals surface area contributed by atoms with Crippen LogP contribution in [0.1, 0.15) is 236 Å². The molecule has 0 bridgehead atoms. The number of halogens is 4. The van der Waals surface area contributed by atoms with Crippen LogP contribution in [-0.2, 0) is 113 Å². The number of allylic oxidation sites excluding steroid dienone is 24. The molecule has 2 atom stereocenters. The molecule has 16 rings (SSSR count). The number of rotatable bonds is 3. The Balaban J connectivity index is -0.000000194. The maximum absolute atomic E-state index is 4.93. The quantitative estimate of drug-likeness (QED) is 0.155. The summed E-state index contributed by atoms with van der Waals surface area (Å²) >= 11 is -1.65. The number of fused-ring (bicyclic) bond motifs is 12. The van der Waals surface area contributed by atoms with Crippen molar-refractivity contribution in [2.75, 3.05) is 0 Å². The molecule has 0 amide bonds. The Morgan fingerprint density at radius 2 is 0.546 bits per heavy atom. The van der Waals surface area contributed by atoms with E-state index in [0.29, 0.717) is 29.6 Å². The van der Waals surface area contributed by atoms with Gasteiger partial charge in [-0.1, -0.05) is 269 Å². The zero-order valence-electron chi connectivity index (χ0n) is 80.9. The van der Waals surface area contributed by atoms with Crippen LogP contribution >= 0.6 is 34.1 Å². The largest absolute Gasteiger partial charge is 4.00 e. The molecule has 0 saturated heterocycles. The van der Waals surface area contributed by atoms with Crippen LogP contribution in [0, 0.1) is 113 Å². The van der Waals surface area contributed by atoms with Crippen LogP contribution < -0.4 is 0 Å². The van der Waals surface area contributed by atoms with E-state index in [1.54, 1.807) is 39.0 Å². The predicted octanol–water partition coefficient (Wildman–Crippen LogP) is 37.9. The van der Waals surface area contributed by atoms with Gasteiger partial charge in [0.05, 0.1) is 0 Å². The molecule has 0 spiro atoms. The first-order valence-corrected chi connectivity index (χ1v) is 50.9. The molecule has 0 radical (unpaired) electrons. The second-order valence-corrected chi connectivity index (χ2v) is 37.3. The fourth-order valence-corrected chi connectivity index (χ4v) is 16.1. The van der Waals surface area contributed by atoms with Gasteiger partial charge in [0.2, 0.25) is 0 Å². The van der Waals surface area contributed by atoms with Crippen molar-refractivity contribution in [1.29, 1.82) is 0 Å². The summed E-state index contributed by atoms with van der Waals surface area (Å²) in [5, 5.41) is 11.1. The molecule has 0 nitrogen and oxygen atoms in total. The summed E-state index contributed by atoms with van der Waals surface area (Å²) in [4.78, 5) is 0. The zero-order valence-corrected chi connectivity index (χ0v) is 93.7. The summed E-state index contributed by atoms with van der Waals surface area (Å²) in [7, 11) is 19.7. The maximum atomic E-state index is 4.93. The van der Waals surface area contributed by atoms with Gasteiger partial charge in [-0.3, -0.25) is 0 Å². The molecule has 0 aromatic heterocycles. The van der Waals surface area contributed by atoms with Gasteiger partial charge < -0.3 is 89.1 Å². The van der Waals surface area contributed by atoms with E-state index in [1.807, 2.05) is 0 Å². The van der Waals surface area contributed by atoms with E-state index in [2.05, 4.69) is 342 Å². The summed E-state index contributed by atoms with van der Waals surface area (Å²) in [5.74, 6) is 3.39. The summed E-state index contributed by atoms with van der Waals surface area (Å²) in [6.07, 6.45) is 18.6. The molecule has 0 fully saturated rings. The van der Waals surface area contributed by atoms with Gasteiger partial charge in [0.15, 0.2) is 0 Å². The summed E-state index contributed by atoms with van der Waals surface area (Å²) in [5.41, 5.74) is 40.6. The topological polar surface area (TPSA) is 0 Å². The Bertz CT molecular complexity index is 4600. The van der Waals surface area contributed by atoms with Crippen LogP contribution in [0.2, 0.25) is 0 Å². The van der Waals surface area contributed by atoms with Crippen LogP contribution in [0.3, 0.4) is 0 Å². The summed E-state index contributed by atoms with van der Waals surface area (Å²) < 4.78 is 0. The third-order valence-corrected chi connectivity index (χ3v) is 24.9. The predicted molar refractivity (Wildman–Crippen MR) is 543 cm³/mol. The molecule has 2 unspecified atom stereocenters. The standard InChI is InChI=1S/C17H18.C15H14.2C14H12.3C10H16.C9H14.12CH3.4ClH.4Zr/c1-3-12-11-13(4-2)17-15-8-6-5-7-14(15)9-10-16(12)17;1-2-11-7-10-15-13-6-4-3-5-12(13)8-9-14(11)15;2*1-10-6-8-14-12(10)9-7-11-4-2-3-5-13(11)14;3*1-6-7(2)9(4)10(5)8(6)3;1-6-5-7(2)9(4)8(6)3;;;;;;;;;;;;;;;;;;;;/h5-11,13H,3-4H2,1-2H3;3-9H,2,10H2,1H3;2*2-7,9H,8H2,1H3;3*6H,1-5H3;5-6H,1-4H3;12*1H3;4*1H;;;;/q;;;;;;;;12*-1;;;;;4*+4/p-4. The van der Waals surface area contributed by atoms with Crippen molar-refractivity contribution in [3.63, 3.8) is 0 Å². The van der Waals surface area contributed by atoms with Gasteiger partial charge in [0, 0.05) is 5.92 Å². The third-order valence-electron chi connectivity index (χ3n) is 24.9. The van der Waals surface area contributed by atoms with Crippen molar-refractivity contribution in [2.24, 2.45) is 23.7 Å². The Kier molecular flexibility index (Phi) is 68.7. The van der Waals surface area contributed by atoms with Crippen LogP contribution in [0.25, 0.3) is 65.4 Å². The minimum absolute atomic E-state index is 0. The molecule has 0 aliphatic heterocycles. The summed E-state index contributed by atoms with van der Waals surface area (Å²) in [6.45, 7) is 53.6. The van der Waals surface area contributed by atoms with E-state index in [0.717, 1.165) is 32.1 Å².